The number of anilines is 2. The highest BCUT2D eigenvalue weighted by Crippen LogP contribution is 2.35. The third kappa shape index (κ3) is 5.14. The van der Waals surface area contributed by atoms with Crippen LogP contribution in [-0.2, 0) is 6.18 Å². The molecule has 4 aromatic rings. The van der Waals surface area contributed by atoms with Crippen LogP contribution in [0.25, 0.3) is 22.2 Å². The van der Waals surface area contributed by atoms with Crippen LogP contribution in [0.4, 0.5) is 24.8 Å². The van der Waals surface area contributed by atoms with Crippen LogP contribution in [0.3, 0.4) is 0 Å². The van der Waals surface area contributed by atoms with E-state index in [-0.39, 0.29) is 11.5 Å². The molecule has 0 atom stereocenters. The standard InChI is InChI=1S/C24H22F3N5O/c1-14(2)13-29-23-31-19-10-9-17(12-20(19)32-23)30-22(33)16-7-5-15(6-8-16)18-4-3-11-28-21(18)24(25,26)27/h3-12,14H,13H2,1-2H3,(H,30,33)(H2,29,31,32). The van der Waals surface area contributed by atoms with E-state index in [0.29, 0.717) is 28.7 Å². The third-order valence-electron chi connectivity index (χ3n) is 4.95. The summed E-state index contributed by atoms with van der Waals surface area (Å²) < 4.78 is 39.7. The van der Waals surface area contributed by atoms with Gasteiger partial charge in [0, 0.05) is 29.6 Å². The topological polar surface area (TPSA) is 82.7 Å². The van der Waals surface area contributed by atoms with Crippen LogP contribution in [0.2, 0.25) is 0 Å². The predicted octanol–water partition coefficient (Wildman–Crippen LogP) is 5.96. The van der Waals surface area contributed by atoms with Gasteiger partial charge in [0.1, 0.15) is 0 Å². The van der Waals surface area contributed by atoms with Crippen molar-refractivity contribution in [3.63, 3.8) is 0 Å². The number of fused-ring (bicyclic) bond motifs is 1. The lowest BCUT2D eigenvalue weighted by molar-refractivity contribution is -0.140. The number of hydrogen-bond acceptors (Lipinski definition) is 4. The number of imidazole rings is 1. The van der Waals surface area contributed by atoms with Crippen molar-refractivity contribution in [2.24, 2.45) is 5.92 Å². The Hall–Kier alpha value is -3.88. The highest BCUT2D eigenvalue weighted by molar-refractivity contribution is 6.05. The van der Waals surface area contributed by atoms with Gasteiger partial charge in [0.25, 0.3) is 5.91 Å². The van der Waals surface area contributed by atoms with E-state index in [9.17, 15) is 18.0 Å². The number of benzene rings is 2. The molecule has 6 nitrogen and oxygen atoms in total. The number of nitrogens with one attached hydrogen (secondary N) is 3. The van der Waals surface area contributed by atoms with Gasteiger partial charge in [-0.05, 0) is 47.9 Å². The molecule has 0 aliphatic carbocycles. The molecular formula is C24H22F3N5O. The first kappa shape index (κ1) is 22.3. The molecule has 0 bridgehead atoms. The van der Waals surface area contributed by atoms with Gasteiger partial charge in [-0.1, -0.05) is 32.0 Å². The molecule has 1 amide bonds. The number of pyridine rings is 1. The van der Waals surface area contributed by atoms with Crippen molar-refractivity contribution in [3.05, 3.63) is 72.1 Å². The van der Waals surface area contributed by atoms with Crippen LogP contribution in [-0.4, -0.2) is 27.4 Å². The van der Waals surface area contributed by atoms with Crippen molar-refractivity contribution in [2.45, 2.75) is 20.0 Å². The summed E-state index contributed by atoms with van der Waals surface area (Å²) in [5.41, 5.74) is 1.75. The zero-order valence-electron chi connectivity index (χ0n) is 18.0. The maximum atomic E-state index is 13.2. The number of nitrogens with zero attached hydrogens (tertiary/aromatic N) is 2. The third-order valence-corrected chi connectivity index (χ3v) is 4.95. The number of carbonyl (C=O) groups excluding carboxylic acids is 1. The monoisotopic (exact) mass is 453 g/mol. The van der Waals surface area contributed by atoms with Crippen molar-refractivity contribution < 1.29 is 18.0 Å². The Kier molecular flexibility index (Phi) is 6.04. The van der Waals surface area contributed by atoms with E-state index in [1.807, 2.05) is 0 Å². The SMILES string of the molecule is CC(C)CNc1nc2ccc(NC(=O)c3ccc(-c4cccnc4C(F)(F)F)cc3)cc2[nH]1. The summed E-state index contributed by atoms with van der Waals surface area (Å²) in [7, 11) is 0. The molecule has 33 heavy (non-hydrogen) atoms. The normalized spacial score (nSPS) is 11.7. The Balaban J connectivity index is 1.50. The Labute approximate surface area is 188 Å². The molecule has 0 aliphatic heterocycles. The Morgan fingerprint density at radius 3 is 2.55 bits per heavy atom. The van der Waals surface area contributed by atoms with Crippen LogP contribution in [0.5, 0.6) is 0 Å². The molecule has 2 aromatic carbocycles. The smallest absolute Gasteiger partial charge is 0.356 e. The highest BCUT2D eigenvalue weighted by Gasteiger charge is 2.35. The van der Waals surface area contributed by atoms with Crippen molar-refractivity contribution in [1.82, 2.24) is 15.0 Å². The van der Waals surface area contributed by atoms with Gasteiger partial charge in [0.15, 0.2) is 5.69 Å². The molecule has 3 N–H and O–H groups in total. The van der Waals surface area contributed by atoms with Gasteiger partial charge in [-0.2, -0.15) is 13.2 Å². The second kappa shape index (κ2) is 8.93. The van der Waals surface area contributed by atoms with E-state index in [1.54, 1.807) is 18.2 Å². The number of alkyl halides is 3. The molecule has 0 saturated carbocycles. The van der Waals surface area contributed by atoms with Crippen molar-refractivity contribution >= 4 is 28.6 Å². The second-order valence-electron chi connectivity index (χ2n) is 8.02. The average molecular weight is 453 g/mol. The molecular weight excluding hydrogens is 431 g/mol. The maximum Gasteiger partial charge on any atom is 0.433 e. The van der Waals surface area contributed by atoms with E-state index in [2.05, 4.69) is 39.4 Å². The van der Waals surface area contributed by atoms with Gasteiger partial charge in [-0.25, -0.2) is 4.98 Å². The number of aromatic nitrogens is 3. The van der Waals surface area contributed by atoms with Crippen LogP contribution in [0.15, 0.2) is 60.8 Å². The molecule has 2 heterocycles. The molecule has 0 unspecified atom stereocenters. The van der Waals surface area contributed by atoms with Gasteiger partial charge in [0.2, 0.25) is 5.95 Å². The fourth-order valence-electron chi connectivity index (χ4n) is 3.34. The molecule has 0 aliphatic rings. The number of aromatic amines is 1. The van der Waals surface area contributed by atoms with Gasteiger partial charge in [-0.3, -0.25) is 9.78 Å². The van der Waals surface area contributed by atoms with Crippen LogP contribution < -0.4 is 10.6 Å². The second-order valence-corrected chi connectivity index (χ2v) is 8.02. The minimum atomic E-state index is -4.57. The number of halogens is 3. The number of amides is 1. The first-order chi connectivity index (χ1) is 15.7. The Bertz CT molecular complexity index is 1280. The summed E-state index contributed by atoms with van der Waals surface area (Å²) in [5.74, 6) is 0.754. The number of rotatable bonds is 6. The minimum absolute atomic E-state index is 0.0384. The van der Waals surface area contributed by atoms with Gasteiger partial charge >= 0.3 is 6.18 Å². The molecule has 9 heteroatoms. The first-order valence-corrected chi connectivity index (χ1v) is 10.4. The fourth-order valence-corrected chi connectivity index (χ4v) is 3.34. The minimum Gasteiger partial charge on any atom is -0.356 e. The molecule has 170 valence electrons. The Morgan fingerprint density at radius 1 is 1.09 bits per heavy atom. The molecule has 0 saturated heterocycles. The molecule has 2 aromatic heterocycles. The summed E-state index contributed by atoms with van der Waals surface area (Å²) in [6, 6.07) is 14.0. The van der Waals surface area contributed by atoms with E-state index >= 15 is 0 Å². The lowest BCUT2D eigenvalue weighted by atomic mass is 10.0. The summed E-state index contributed by atoms with van der Waals surface area (Å²) >= 11 is 0. The Morgan fingerprint density at radius 2 is 1.85 bits per heavy atom. The zero-order valence-corrected chi connectivity index (χ0v) is 18.0. The summed E-state index contributed by atoms with van der Waals surface area (Å²) in [4.78, 5) is 23.8. The molecule has 0 fully saturated rings. The van der Waals surface area contributed by atoms with Crippen LogP contribution in [0.1, 0.15) is 29.9 Å². The fraction of sp³-hybridized carbons (Fsp3) is 0.208. The van der Waals surface area contributed by atoms with E-state index in [1.165, 1.54) is 36.4 Å². The number of hydrogen-bond donors (Lipinski definition) is 3. The van der Waals surface area contributed by atoms with Crippen molar-refractivity contribution in [1.29, 1.82) is 0 Å². The van der Waals surface area contributed by atoms with E-state index in [4.69, 9.17) is 0 Å². The van der Waals surface area contributed by atoms with E-state index < -0.39 is 11.9 Å². The number of H-pyrrole nitrogens is 1. The van der Waals surface area contributed by atoms with E-state index in [0.717, 1.165) is 23.8 Å². The number of carbonyl (C=O) groups is 1. The lowest BCUT2D eigenvalue weighted by Crippen LogP contribution is -2.12. The summed E-state index contributed by atoms with van der Waals surface area (Å²) in [6.07, 6.45) is -3.46. The van der Waals surface area contributed by atoms with Gasteiger partial charge in [0.05, 0.1) is 11.0 Å². The summed E-state index contributed by atoms with van der Waals surface area (Å²) in [6.45, 7) is 4.98. The van der Waals surface area contributed by atoms with Gasteiger partial charge < -0.3 is 15.6 Å². The van der Waals surface area contributed by atoms with Crippen LogP contribution >= 0.6 is 0 Å². The zero-order chi connectivity index (χ0) is 23.6. The van der Waals surface area contributed by atoms with Gasteiger partial charge in [-0.15, -0.1) is 0 Å². The molecule has 0 spiro atoms. The van der Waals surface area contributed by atoms with Crippen LogP contribution in [0, 0.1) is 5.92 Å². The van der Waals surface area contributed by atoms with Crippen molar-refractivity contribution in [2.75, 3.05) is 17.2 Å². The molecule has 4 rings (SSSR count). The largest absolute Gasteiger partial charge is 0.433 e. The first-order valence-electron chi connectivity index (χ1n) is 10.4. The maximum absolute atomic E-state index is 13.2. The van der Waals surface area contributed by atoms with Crippen molar-refractivity contribution in [3.8, 4) is 11.1 Å². The average Bonchev–Trinajstić information content (AvgIpc) is 3.19. The highest BCUT2D eigenvalue weighted by atomic mass is 19.4. The molecule has 0 radical (unpaired) electrons. The quantitative estimate of drug-likeness (QED) is 0.336. The summed E-state index contributed by atoms with van der Waals surface area (Å²) in [5, 5.41) is 6.03. The lowest BCUT2D eigenvalue weighted by Gasteiger charge is -2.12. The predicted molar refractivity (Wildman–Crippen MR) is 122 cm³/mol.